The van der Waals surface area contributed by atoms with Crippen LogP contribution in [0.5, 0.6) is 0 Å². The minimum absolute atomic E-state index is 0.103. The maximum absolute atomic E-state index is 8.70. The monoisotopic (exact) mass is 131 g/mol. The maximum atomic E-state index is 8.70. The van der Waals surface area contributed by atoms with E-state index < -0.39 is 6.29 Å². The van der Waals surface area contributed by atoms with E-state index in [-0.39, 0.29) is 5.92 Å². The molecule has 54 valence electrons. The van der Waals surface area contributed by atoms with Gasteiger partial charge in [0.05, 0.1) is 0 Å². The fourth-order valence-electron chi connectivity index (χ4n) is 1.14. The Bertz CT molecular complexity index is 79.1. The number of rotatable bonds is 1. The minimum Gasteiger partial charge on any atom is -0.368 e. The van der Waals surface area contributed by atoms with Crippen molar-refractivity contribution in [2.75, 3.05) is 13.1 Å². The molecule has 0 amide bonds. The van der Waals surface area contributed by atoms with Crippen molar-refractivity contribution in [1.29, 1.82) is 0 Å². The van der Waals surface area contributed by atoms with Crippen molar-refractivity contribution in [3.05, 3.63) is 0 Å². The van der Waals surface area contributed by atoms with Crippen LogP contribution in [0.1, 0.15) is 12.8 Å². The van der Waals surface area contributed by atoms with Gasteiger partial charge in [0.25, 0.3) is 0 Å². The van der Waals surface area contributed by atoms with E-state index in [2.05, 4.69) is 5.32 Å². The highest BCUT2D eigenvalue weighted by Gasteiger charge is 2.18. The molecule has 0 spiro atoms. The third-order valence-electron chi connectivity index (χ3n) is 1.81. The number of hydrogen-bond acceptors (Lipinski definition) is 3. The van der Waals surface area contributed by atoms with Crippen molar-refractivity contribution in [2.45, 2.75) is 19.1 Å². The van der Waals surface area contributed by atoms with Gasteiger partial charge in [-0.05, 0) is 25.9 Å². The summed E-state index contributed by atoms with van der Waals surface area (Å²) in [6.45, 7) is 1.84. The number of aliphatic hydroxyl groups is 2. The lowest BCUT2D eigenvalue weighted by atomic mass is 9.98. The Hall–Kier alpha value is -0.120. The molecule has 0 atom stereocenters. The van der Waals surface area contributed by atoms with Crippen LogP contribution >= 0.6 is 0 Å². The molecule has 0 aromatic carbocycles. The second kappa shape index (κ2) is 3.15. The Morgan fingerprint density at radius 2 is 1.78 bits per heavy atom. The molecule has 9 heavy (non-hydrogen) atoms. The Kier molecular flexibility index (Phi) is 2.45. The van der Waals surface area contributed by atoms with Gasteiger partial charge < -0.3 is 15.5 Å². The van der Waals surface area contributed by atoms with Crippen molar-refractivity contribution < 1.29 is 10.2 Å². The first kappa shape index (κ1) is 6.99. The molecule has 1 fully saturated rings. The largest absolute Gasteiger partial charge is 0.368 e. The summed E-state index contributed by atoms with van der Waals surface area (Å²) >= 11 is 0. The van der Waals surface area contributed by atoms with E-state index >= 15 is 0 Å². The minimum atomic E-state index is -1.10. The number of nitrogens with one attached hydrogen (secondary N) is 1. The summed E-state index contributed by atoms with van der Waals surface area (Å²) in [7, 11) is 0. The predicted molar refractivity (Wildman–Crippen MR) is 33.8 cm³/mol. The molecule has 0 saturated carbocycles. The normalized spacial score (nSPS) is 23.0. The molecule has 3 nitrogen and oxygen atoms in total. The highest BCUT2D eigenvalue weighted by molar-refractivity contribution is 4.68. The predicted octanol–water partition coefficient (Wildman–Crippen LogP) is -0.703. The molecule has 0 aromatic heterocycles. The third-order valence-corrected chi connectivity index (χ3v) is 1.81. The van der Waals surface area contributed by atoms with Crippen LogP contribution in [0.15, 0.2) is 0 Å². The number of aliphatic hydroxyl groups excluding tert-OH is 1. The van der Waals surface area contributed by atoms with Gasteiger partial charge in [-0.1, -0.05) is 0 Å². The van der Waals surface area contributed by atoms with E-state index in [0.29, 0.717) is 0 Å². The summed E-state index contributed by atoms with van der Waals surface area (Å²) in [5.74, 6) is 0.103. The van der Waals surface area contributed by atoms with E-state index in [0.717, 1.165) is 25.9 Å². The van der Waals surface area contributed by atoms with Crippen LogP contribution in [0.3, 0.4) is 0 Å². The zero-order valence-electron chi connectivity index (χ0n) is 5.38. The molecular formula is C6H13NO2. The summed E-state index contributed by atoms with van der Waals surface area (Å²) in [4.78, 5) is 0. The van der Waals surface area contributed by atoms with E-state index in [1.807, 2.05) is 0 Å². The van der Waals surface area contributed by atoms with Gasteiger partial charge in [-0.3, -0.25) is 0 Å². The first-order valence-corrected chi connectivity index (χ1v) is 3.37. The molecule has 0 aliphatic carbocycles. The van der Waals surface area contributed by atoms with E-state index in [4.69, 9.17) is 10.2 Å². The summed E-state index contributed by atoms with van der Waals surface area (Å²) < 4.78 is 0. The lowest BCUT2D eigenvalue weighted by Crippen LogP contribution is -2.33. The van der Waals surface area contributed by atoms with E-state index in [1.54, 1.807) is 0 Å². The maximum Gasteiger partial charge on any atom is 0.154 e. The number of piperidine rings is 1. The summed E-state index contributed by atoms with van der Waals surface area (Å²) in [5, 5.41) is 20.6. The fourth-order valence-corrected chi connectivity index (χ4v) is 1.14. The van der Waals surface area contributed by atoms with Crippen LogP contribution in [0, 0.1) is 5.92 Å². The van der Waals surface area contributed by atoms with Crippen LogP contribution in [-0.2, 0) is 0 Å². The van der Waals surface area contributed by atoms with Gasteiger partial charge >= 0.3 is 0 Å². The van der Waals surface area contributed by atoms with Crippen LogP contribution < -0.4 is 5.32 Å². The fraction of sp³-hybridized carbons (Fsp3) is 1.00. The third kappa shape index (κ3) is 1.93. The Labute approximate surface area is 54.7 Å². The first-order chi connectivity index (χ1) is 4.30. The molecule has 3 heteroatoms. The summed E-state index contributed by atoms with van der Waals surface area (Å²) in [5.41, 5.74) is 0. The first-order valence-electron chi connectivity index (χ1n) is 3.37. The van der Waals surface area contributed by atoms with Gasteiger partial charge in [0.15, 0.2) is 6.29 Å². The molecule has 0 radical (unpaired) electrons. The topological polar surface area (TPSA) is 52.5 Å². The van der Waals surface area contributed by atoms with Gasteiger partial charge in [-0.2, -0.15) is 0 Å². The van der Waals surface area contributed by atoms with Crippen LogP contribution in [0.4, 0.5) is 0 Å². The average molecular weight is 131 g/mol. The zero-order valence-corrected chi connectivity index (χ0v) is 5.38. The lowest BCUT2D eigenvalue weighted by Gasteiger charge is -2.23. The van der Waals surface area contributed by atoms with Gasteiger partial charge in [0.1, 0.15) is 0 Å². The molecule has 1 heterocycles. The zero-order chi connectivity index (χ0) is 6.69. The summed E-state index contributed by atoms with van der Waals surface area (Å²) in [6, 6.07) is 0. The molecule has 3 N–H and O–H groups in total. The van der Waals surface area contributed by atoms with E-state index in [9.17, 15) is 0 Å². The Morgan fingerprint density at radius 1 is 1.22 bits per heavy atom. The smallest absolute Gasteiger partial charge is 0.154 e. The highest BCUT2D eigenvalue weighted by atomic mass is 16.5. The van der Waals surface area contributed by atoms with Crippen LogP contribution in [-0.4, -0.2) is 29.6 Å². The molecule has 0 aromatic rings. The standard InChI is InChI=1S/C6H13NO2/c8-6(9)5-1-3-7-4-2-5/h5-9H,1-4H2. The van der Waals surface area contributed by atoms with Gasteiger partial charge in [-0.25, -0.2) is 0 Å². The van der Waals surface area contributed by atoms with Gasteiger partial charge in [-0.15, -0.1) is 0 Å². The molecule has 0 bridgehead atoms. The lowest BCUT2D eigenvalue weighted by molar-refractivity contribution is -0.0907. The summed E-state index contributed by atoms with van der Waals surface area (Å²) in [6.07, 6.45) is 0.669. The highest BCUT2D eigenvalue weighted by Crippen LogP contribution is 2.13. The molecule has 0 unspecified atom stereocenters. The average Bonchev–Trinajstić information content (AvgIpc) is 1.90. The molecule has 1 aliphatic heterocycles. The van der Waals surface area contributed by atoms with Crippen molar-refractivity contribution in [1.82, 2.24) is 5.32 Å². The molecular weight excluding hydrogens is 118 g/mol. The van der Waals surface area contributed by atoms with Crippen molar-refractivity contribution in [2.24, 2.45) is 5.92 Å². The van der Waals surface area contributed by atoms with Crippen LogP contribution in [0.2, 0.25) is 0 Å². The van der Waals surface area contributed by atoms with Crippen LogP contribution in [0.25, 0.3) is 0 Å². The second-order valence-corrected chi connectivity index (χ2v) is 2.50. The Balaban J connectivity index is 2.23. The van der Waals surface area contributed by atoms with Crippen molar-refractivity contribution >= 4 is 0 Å². The molecule has 1 saturated heterocycles. The quantitative estimate of drug-likeness (QED) is 0.412. The molecule has 1 aliphatic rings. The molecule has 1 rings (SSSR count). The van der Waals surface area contributed by atoms with Gasteiger partial charge in [0.2, 0.25) is 0 Å². The Morgan fingerprint density at radius 3 is 2.11 bits per heavy atom. The van der Waals surface area contributed by atoms with Crippen molar-refractivity contribution in [3.8, 4) is 0 Å². The second-order valence-electron chi connectivity index (χ2n) is 2.50. The van der Waals surface area contributed by atoms with E-state index in [1.165, 1.54) is 0 Å². The SMILES string of the molecule is OC(O)C1CCNCC1. The number of hydrogen-bond donors (Lipinski definition) is 3. The van der Waals surface area contributed by atoms with Crippen molar-refractivity contribution in [3.63, 3.8) is 0 Å². The van der Waals surface area contributed by atoms with Gasteiger partial charge in [0, 0.05) is 5.92 Å².